The summed E-state index contributed by atoms with van der Waals surface area (Å²) in [6.07, 6.45) is 1.44. The largest absolute Gasteiger partial charge is 0.396 e. The summed E-state index contributed by atoms with van der Waals surface area (Å²) in [4.78, 5) is 25.8. The number of hydrogen-bond donors (Lipinski definition) is 2. The Morgan fingerprint density at radius 2 is 2.10 bits per heavy atom. The summed E-state index contributed by atoms with van der Waals surface area (Å²) in [5.41, 5.74) is -0.952. The Hall–Kier alpha value is -0.960. The first-order valence-electron chi connectivity index (χ1n) is 6.80. The highest BCUT2D eigenvalue weighted by Crippen LogP contribution is 2.46. The molecule has 0 bridgehead atoms. The molecule has 21 heavy (non-hydrogen) atoms. The molecule has 3 rings (SSSR count). The van der Waals surface area contributed by atoms with E-state index in [1.807, 2.05) is 13.8 Å². The lowest BCUT2D eigenvalue weighted by atomic mass is 10.1. The van der Waals surface area contributed by atoms with Crippen LogP contribution in [-0.2, 0) is 9.47 Å². The van der Waals surface area contributed by atoms with Crippen molar-refractivity contribution in [3.05, 3.63) is 31.5 Å². The van der Waals surface area contributed by atoms with Crippen LogP contribution in [0.25, 0.3) is 0 Å². The van der Waals surface area contributed by atoms with Gasteiger partial charge < -0.3 is 14.6 Å². The minimum atomic E-state index is -0.746. The van der Waals surface area contributed by atoms with Crippen LogP contribution in [0.15, 0.2) is 20.3 Å². The van der Waals surface area contributed by atoms with E-state index in [4.69, 9.17) is 9.47 Å². The molecule has 1 aromatic rings. The molecular weight excluding hydrogens is 344 g/mol. The molecule has 1 aliphatic carbocycles. The highest BCUT2D eigenvalue weighted by molar-refractivity contribution is 9.10. The number of ether oxygens (including phenoxy) is 2. The van der Waals surface area contributed by atoms with Gasteiger partial charge in [0, 0.05) is 18.7 Å². The number of aliphatic hydroxyl groups excluding tert-OH is 1. The fourth-order valence-electron chi connectivity index (χ4n) is 3.22. The topological polar surface area (TPSA) is 93.5 Å². The number of nitrogens with zero attached hydrogens (tertiary/aromatic N) is 1. The van der Waals surface area contributed by atoms with Crippen molar-refractivity contribution in [3.63, 3.8) is 0 Å². The molecule has 2 heterocycles. The summed E-state index contributed by atoms with van der Waals surface area (Å²) in [7, 11) is 0. The molecule has 1 saturated carbocycles. The monoisotopic (exact) mass is 360 g/mol. The van der Waals surface area contributed by atoms with Gasteiger partial charge in [0.25, 0.3) is 5.56 Å². The van der Waals surface area contributed by atoms with Crippen LogP contribution in [0, 0.1) is 5.92 Å². The van der Waals surface area contributed by atoms with E-state index in [0.29, 0.717) is 6.42 Å². The zero-order chi connectivity index (χ0) is 15.4. The molecule has 0 radical (unpaired) electrons. The molecule has 0 amide bonds. The number of nitrogens with one attached hydrogen (secondary N) is 1. The second-order valence-corrected chi connectivity index (χ2v) is 6.81. The Morgan fingerprint density at radius 3 is 2.76 bits per heavy atom. The third-order valence-corrected chi connectivity index (χ3v) is 4.63. The van der Waals surface area contributed by atoms with E-state index in [2.05, 4.69) is 20.9 Å². The van der Waals surface area contributed by atoms with Gasteiger partial charge >= 0.3 is 5.69 Å². The molecule has 8 heteroatoms. The summed E-state index contributed by atoms with van der Waals surface area (Å²) in [5.74, 6) is -0.843. The van der Waals surface area contributed by atoms with Gasteiger partial charge in [-0.25, -0.2) is 4.79 Å². The molecule has 0 aromatic carbocycles. The van der Waals surface area contributed by atoms with Gasteiger partial charge in [0.05, 0.1) is 16.6 Å². The van der Waals surface area contributed by atoms with Crippen LogP contribution in [0.1, 0.15) is 26.3 Å². The molecule has 116 valence electrons. The van der Waals surface area contributed by atoms with Crippen LogP contribution >= 0.6 is 15.9 Å². The fourth-order valence-corrected chi connectivity index (χ4v) is 3.53. The Morgan fingerprint density at radius 1 is 1.43 bits per heavy atom. The maximum atomic E-state index is 12.1. The van der Waals surface area contributed by atoms with Crippen LogP contribution in [-0.4, -0.2) is 39.3 Å². The molecule has 2 aliphatic rings. The number of H-pyrrole nitrogens is 1. The summed E-state index contributed by atoms with van der Waals surface area (Å²) in [6, 6.07) is -0.283. The molecule has 0 spiro atoms. The second-order valence-electron chi connectivity index (χ2n) is 5.95. The predicted octanol–water partition coefficient (Wildman–Crippen LogP) is 0.372. The number of aromatic amines is 1. The number of hydrogen-bond acceptors (Lipinski definition) is 5. The lowest BCUT2D eigenvalue weighted by Gasteiger charge is -2.24. The Balaban J connectivity index is 2.01. The van der Waals surface area contributed by atoms with Crippen LogP contribution in [0.5, 0.6) is 0 Å². The molecule has 2 N–H and O–H groups in total. The van der Waals surface area contributed by atoms with Crippen molar-refractivity contribution in [2.75, 3.05) is 6.61 Å². The number of aliphatic hydroxyl groups is 1. The van der Waals surface area contributed by atoms with Crippen LogP contribution < -0.4 is 11.2 Å². The lowest BCUT2D eigenvalue weighted by Crippen LogP contribution is -2.37. The lowest BCUT2D eigenvalue weighted by molar-refractivity contribution is -0.161. The van der Waals surface area contributed by atoms with Gasteiger partial charge in [0.1, 0.15) is 6.10 Å². The van der Waals surface area contributed by atoms with E-state index in [-0.39, 0.29) is 35.2 Å². The van der Waals surface area contributed by atoms with Crippen molar-refractivity contribution in [2.45, 2.75) is 44.3 Å². The van der Waals surface area contributed by atoms with Crippen molar-refractivity contribution in [3.8, 4) is 0 Å². The first-order chi connectivity index (χ1) is 9.82. The first-order valence-corrected chi connectivity index (χ1v) is 7.59. The molecule has 2 unspecified atom stereocenters. The van der Waals surface area contributed by atoms with Gasteiger partial charge in [-0.15, -0.1) is 0 Å². The summed E-state index contributed by atoms with van der Waals surface area (Å²) >= 11 is 3.13. The van der Waals surface area contributed by atoms with Gasteiger partial charge in [0.2, 0.25) is 0 Å². The Bertz CT molecular complexity index is 667. The number of aromatic nitrogens is 2. The van der Waals surface area contributed by atoms with Crippen LogP contribution in [0.4, 0.5) is 0 Å². The molecule has 1 aromatic heterocycles. The Kier molecular flexibility index (Phi) is 3.59. The van der Waals surface area contributed by atoms with E-state index in [0.717, 1.165) is 0 Å². The highest BCUT2D eigenvalue weighted by Gasteiger charge is 2.54. The van der Waals surface area contributed by atoms with Crippen molar-refractivity contribution in [2.24, 2.45) is 5.92 Å². The van der Waals surface area contributed by atoms with Gasteiger partial charge in [0.15, 0.2) is 5.79 Å². The molecule has 7 nitrogen and oxygen atoms in total. The molecule has 1 saturated heterocycles. The van der Waals surface area contributed by atoms with E-state index >= 15 is 0 Å². The second kappa shape index (κ2) is 5.05. The molecular formula is C13H17BrN2O5. The van der Waals surface area contributed by atoms with E-state index in [1.165, 1.54) is 10.8 Å². The van der Waals surface area contributed by atoms with Gasteiger partial charge in [-0.1, -0.05) is 0 Å². The van der Waals surface area contributed by atoms with E-state index < -0.39 is 17.0 Å². The third kappa shape index (κ3) is 2.50. The zero-order valence-electron chi connectivity index (χ0n) is 11.7. The minimum absolute atomic E-state index is 0.0314. The molecule has 2 fully saturated rings. The number of rotatable bonds is 2. The number of halogens is 1. The standard InChI is InChI=1S/C13H17BrN2O5/c1-13(2)20-9-6(5-17)3-8(10(9)21-13)16-4-7(14)11(18)15-12(16)19/h4,6,8-10,17H,3,5H2,1-2H3,(H,15,18,19)/t6-,8-,9?,10?/m1/s1. The SMILES string of the molecule is CC1(C)OC2C(O1)[C@H](n1cc(Br)c(=O)[nH]c1=O)C[C@@H]2CO. The summed E-state index contributed by atoms with van der Waals surface area (Å²) in [5, 5.41) is 9.53. The smallest absolute Gasteiger partial charge is 0.328 e. The fraction of sp³-hybridized carbons (Fsp3) is 0.692. The average Bonchev–Trinajstić information content (AvgIpc) is 2.87. The van der Waals surface area contributed by atoms with Crippen molar-refractivity contribution in [1.29, 1.82) is 0 Å². The van der Waals surface area contributed by atoms with Gasteiger partial charge in [-0.2, -0.15) is 0 Å². The Labute approximate surface area is 129 Å². The van der Waals surface area contributed by atoms with E-state index in [9.17, 15) is 14.7 Å². The number of fused-ring (bicyclic) bond motifs is 1. The maximum absolute atomic E-state index is 12.1. The first kappa shape index (κ1) is 15.0. The highest BCUT2D eigenvalue weighted by atomic mass is 79.9. The quantitative estimate of drug-likeness (QED) is 0.794. The van der Waals surface area contributed by atoms with Crippen molar-refractivity contribution in [1.82, 2.24) is 9.55 Å². The normalized spacial score (nSPS) is 34.1. The van der Waals surface area contributed by atoms with Crippen molar-refractivity contribution >= 4 is 15.9 Å². The van der Waals surface area contributed by atoms with E-state index in [1.54, 1.807) is 0 Å². The van der Waals surface area contributed by atoms with Crippen molar-refractivity contribution < 1.29 is 14.6 Å². The summed E-state index contributed by atoms with van der Waals surface area (Å²) in [6.45, 7) is 3.58. The minimum Gasteiger partial charge on any atom is -0.396 e. The third-order valence-electron chi connectivity index (χ3n) is 4.07. The van der Waals surface area contributed by atoms with Gasteiger partial charge in [-0.05, 0) is 36.2 Å². The van der Waals surface area contributed by atoms with Crippen LogP contribution in [0.3, 0.4) is 0 Å². The predicted molar refractivity (Wildman–Crippen MR) is 77.1 cm³/mol. The van der Waals surface area contributed by atoms with Gasteiger partial charge in [-0.3, -0.25) is 14.3 Å². The summed E-state index contributed by atoms with van der Waals surface area (Å²) < 4.78 is 13.5. The maximum Gasteiger partial charge on any atom is 0.328 e. The molecule has 4 atom stereocenters. The average molecular weight is 361 g/mol. The van der Waals surface area contributed by atoms with Crippen LogP contribution in [0.2, 0.25) is 0 Å². The zero-order valence-corrected chi connectivity index (χ0v) is 13.3. The molecule has 1 aliphatic heterocycles.